The van der Waals surface area contributed by atoms with Crippen LogP contribution in [0.25, 0.3) is 0 Å². The van der Waals surface area contributed by atoms with Gasteiger partial charge in [0.15, 0.2) is 6.10 Å². The quantitative estimate of drug-likeness (QED) is 0.0211. The largest absolute Gasteiger partial charge is 0.472 e. The van der Waals surface area contributed by atoms with E-state index in [4.69, 9.17) is 18.5 Å². The van der Waals surface area contributed by atoms with Crippen LogP contribution in [0, 0.1) is 0 Å². The van der Waals surface area contributed by atoms with Crippen molar-refractivity contribution in [3.63, 3.8) is 0 Å². The summed E-state index contributed by atoms with van der Waals surface area (Å²) in [6.07, 6.45) is 70.1. The van der Waals surface area contributed by atoms with Crippen molar-refractivity contribution < 1.29 is 42.1 Å². The van der Waals surface area contributed by atoms with E-state index in [9.17, 15) is 19.0 Å². The number of phosphoric acid groups is 1. The Hall–Kier alpha value is -1.51. The minimum atomic E-state index is -4.38. The molecule has 0 aliphatic carbocycles. The lowest BCUT2D eigenvalue weighted by Gasteiger charge is -2.24. The van der Waals surface area contributed by atoms with Crippen LogP contribution in [0.2, 0.25) is 0 Å². The first-order valence-electron chi connectivity index (χ1n) is 32.6. The maximum atomic E-state index is 12.8. The number of esters is 2. The molecule has 0 bridgehead atoms. The first kappa shape index (κ1) is 73.5. The molecule has 2 atom stereocenters. The molecular weight excluding hydrogens is 954 g/mol. The van der Waals surface area contributed by atoms with Crippen molar-refractivity contribution in [3.8, 4) is 0 Å². The fourth-order valence-corrected chi connectivity index (χ4v) is 10.4. The third-order valence-electron chi connectivity index (χ3n) is 14.7. The van der Waals surface area contributed by atoms with Crippen LogP contribution in [0.4, 0.5) is 0 Å². The summed E-state index contributed by atoms with van der Waals surface area (Å²) >= 11 is 0. The Balaban J connectivity index is 3.89. The van der Waals surface area contributed by atoms with E-state index in [1.54, 1.807) is 0 Å². The minimum Gasteiger partial charge on any atom is -0.462 e. The third-order valence-corrected chi connectivity index (χ3v) is 15.7. The van der Waals surface area contributed by atoms with Gasteiger partial charge in [0, 0.05) is 12.8 Å². The van der Waals surface area contributed by atoms with E-state index in [1.807, 2.05) is 21.1 Å². The lowest BCUT2D eigenvalue weighted by Crippen LogP contribution is -2.37. The summed E-state index contributed by atoms with van der Waals surface area (Å²) in [4.78, 5) is 35.7. The standard InChI is InChI=1S/C65H126NO8P/c1-6-8-10-12-14-16-18-20-22-23-24-25-26-27-28-29-30-31-32-33-34-35-36-37-38-39-40-41-42-43-44-46-48-50-52-54-56-58-65(68)74-63(62-73-75(69,70)72-60-59-66(3,4)5)61-71-64(67)57-55-53-51-49-47-45-21-19-17-15-13-11-9-7-2/h19,21,23-24,63H,6-18,20,22,25-62H2,1-5H3/p+1/b21-19-,24-23-. The van der Waals surface area contributed by atoms with Crippen LogP contribution in [-0.4, -0.2) is 74.9 Å². The zero-order chi connectivity index (χ0) is 54.9. The summed E-state index contributed by atoms with van der Waals surface area (Å²) in [6.45, 7) is 4.46. The highest BCUT2D eigenvalue weighted by Gasteiger charge is 2.27. The predicted octanol–water partition coefficient (Wildman–Crippen LogP) is 20.5. The van der Waals surface area contributed by atoms with Gasteiger partial charge < -0.3 is 18.9 Å². The summed E-state index contributed by atoms with van der Waals surface area (Å²) in [7, 11) is 1.49. The van der Waals surface area contributed by atoms with Crippen LogP contribution < -0.4 is 0 Å². The molecule has 0 saturated heterocycles. The zero-order valence-electron chi connectivity index (χ0n) is 50.6. The molecule has 0 aromatic carbocycles. The third kappa shape index (κ3) is 61.6. The van der Waals surface area contributed by atoms with Crippen LogP contribution in [0.5, 0.6) is 0 Å². The number of allylic oxidation sites excluding steroid dienone is 4. The maximum Gasteiger partial charge on any atom is 0.472 e. The summed E-state index contributed by atoms with van der Waals surface area (Å²) in [5, 5.41) is 0. The summed E-state index contributed by atoms with van der Waals surface area (Å²) in [6, 6.07) is 0. The van der Waals surface area contributed by atoms with Crippen LogP contribution in [0.3, 0.4) is 0 Å². The fourth-order valence-electron chi connectivity index (χ4n) is 9.66. The van der Waals surface area contributed by atoms with Crippen LogP contribution in [0.15, 0.2) is 24.3 Å². The number of rotatable bonds is 61. The van der Waals surface area contributed by atoms with Gasteiger partial charge in [0.25, 0.3) is 0 Å². The highest BCUT2D eigenvalue weighted by Crippen LogP contribution is 2.43. The van der Waals surface area contributed by atoms with Gasteiger partial charge in [0.1, 0.15) is 19.8 Å². The monoisotopic (exact) mass is 1080 g/mol. The van der Waals surface area contributed by atoms with Crippen LogP contribution >= 0.6 is 7.82 Å². The molecule has 0 fully saturated rings. The molecule has 0 radical (unpaired) electrons. The first-order valence-corrected chi connectivity index (χ1v) is 34.1. The maximum absolute atomic E-state index is 12.8. The number of likely N-dealkylation sites (N-methyl/N-ethyl adjacent to an activating group) is 1. The van der Waals surface area contributed by atoms with Crippen molar-refractivity contribution in [2.75, 3.05) is 47.5 Å². The normalized spacial score (nSPS) is 13.3. The van der Waals surface area contributed by atoms with Gasteiger partial charge >= 0.3 is 19.8 Å². The Kier molecular flexibility index (Phi) is 56.0. The molecule has 0 aromatic heterocycles. The molecule has 0 aliphatic rings. The molecular formula is C65H127NO8P+. The Morgan fingerprint density at radius 2 is 0.680 bits per heavy atom. The Bertz CT molecular complexity index is 1320. The van der Waals surface area contributed by atoms with Gasteiger partial charge in [0.05, 0.1) is 27.7 Å². The summed E-state index contributed by atoms with van der Waals surface area (Å²) in [5.74, 6) is -0.791. The van der Waals surface area contributed by atoms with Crippen LogP contribution in [0.1, 0.15) is 328 Å². The van der Waals surface area contributed by atoms with E-state index < -0.39 is 26.5 Å². The van der Waals surface area contributed by atoms with E-state index in [0.29, 0.717) is 17.4 Å². The van der Waals surface area contributed by atoms with E-state index in [1.165, 1.54) is 244 Å². The fraction of sp³-hybridized carbons (Fsp3) is 0.908. The molecule has 75 heavy (non-hydrogen) atoms. The number of hydrogen-bond acceptors (Lipinski definition) is 7. The Morgan fingerprint density at radius 1 is 0.400 bits per heavy atom. The number of unbranched alkanes of at least 4 members (excludes halogenated alkanes) is 43. The molecule has 1 N–H and O–H groups in total. The summed E-state index contributed by atoms with van der Waals surface area (Å²) in [5.41, 5.74) is 0. The van der Waals surface area contributed by atoms with Crippen molar-refractivity contribution in [3.05, 3.63) is 24.3 Å². The Labute approximate surface area is 466 Å². The molecule has 0 spiro atoms. The molecule has 9 nitrogen and oxygen atoms in total. The van der Waals surface area contributed by atoms with Crippen molar-refractivity contribution in [1.82, 2.24) is 0 Å². The number of hydrogen-bond donors (Lipinski definition) is 1. The van der Waals surface area contributed by atoms with E-state index in [-0.39, 0.29) is 32.0 Å². The number of carbonyl (C=O) groups is 2. The second-order valence-corrected chi connectivity index (χ2v) is 25.0. The molecule has 444 valence electrons. The second kappa shape index (κ2) is 57.2. The number of phosphoric ester groups is 1. The van der Waals surface area contributed by atoms with Gasteiger partial charge in [-0.3, -0.25) is 18.6 Å². The number of nitrogens with zero attached hydrogens (tertiary/aromatic N) is 1. The Morgan fingerprint density at radius 3 is 0.987 bits per heavy atom. The highest BCUT2D eigenvalue weighted by molar-refractivity contribution is 7.47. The smallest absolute Gasteiger partial charge is 0.462 e. The van der Waals surface area contributed by atoms with Gasteiger partial charge in [-0.15, -0.1) is 0 Å². The predicted molar refractivity (Wildman–Crippen MR) is 321 cm³/mol. The van der Waals surface area contributed by atoms with Gasteiger partial charge in [-0.25, -0.2) is 4.57 Å². The van der Waals surface area contributed by atoms with Gasteiger partial charge in [0.2, 0.25) is 0 Å². The molecule has 2 unspecified atom stereocenters. The SMILES string of the molecule is CCCCCCC/C=C\CCCCCCCC(=O)OCC(COP(=O)(O)OCC[N+](C)(C)C)OC(=O)CCCCCCCCCCCCCCCCCCCCCCCCCCC/C=C\CCCCCCCCCC. The molecule has 0 heterocycles. The topological polar surface area (TPSA) is 108 Å². The van der Waals surface area contributed by atoms with Crippen LogP contribution in [-0.2, 0) is 32.7 Å². The molecule has 0 aliphatic heterocycles. The van der Waals surface area contributed by atoms with Crippen molar-refractivity contribution in [2.24, 2.45) is 0 Å². The molecule has 0 aromatic rings. The van der Waals surface area contributed by atoms with E-state index in [0.717, 1.165) is 51.4 Å². The van der Waals surface area contributed by atoms with Gasteiger partial charge in [-0.2, -0.15) is 0 Å². The number of ether oxygens (including phenoxy) is 2. The molecule has 0 saturated carbocycles. The van der Waals surface area contributed by atoms with Crippen molar-refractivity contribution in [2.45, 2.75) is 335 Å². The minimum absolute atomic E-state index is 0.0334. The average molecular weight is 1080 g/mol. The lowest BCUT2D eigenvalue weighted by atomic mass is 10.0. The van der Waals surface area contributed by atoms with Crippen molar-refractivity contribution in [1.29, 1.82) is 0 Å². The number of quaternary nitrogens is 1. The highest BCUT2D eigenvalue weighted by atomic mass is 31.2. The number of carbonyl (C=O) groups excluding carboxylic acids is 2. The van der Waals surface area contributed by atoms with E-state index in [2.05, 4.69) is 38.2 Å². The van der Waals surface area contributed by atoms with E-state index >= 15 is 0 Å². The summed E-state index contributed by atoms with van der Waals surface area (Å²) < 4.78 is 34.6. The zero-order valence-corrected chi connectivity index (χ0v) is 51.5. The second-order valence-electron chi connectivity index (χ2n) is 23.5. The van der Waals surface area contributed by atoms with Gasteiger partial charge in [-0.05, 0) is 64.2 Å². The lowest BCUT2D eigenvalue weighted by molar-refractivity contribution is -0.870. The molecule has 0 rings (SSSR count). The first-order chi connectivity index (χ1) is 36.5. The van der Waals surface area contributed by atoms with Gasteiger partial charge in [-0.1, -0.05) is 276 Å². The molecule has 0 amide bonds. The van der Waals surface area contributed by atoms with Crippen molar-refractivity contribution >= 4 is 19.8 Å². The average Bonchev–Trinajstić information content (AvgIpc) is 3.37. The molecule has 10 heteroatoms.